The van der Waals surface area contributed by atoms with Crippen molar-refractivity contribution < 1.29 is 9.53 Å². The Bertz CT molecular complexity index is 806. The van der Waals surface area contributed by atoms with Crippen LogP contribution in [0.4, 0.5) is 0 Å². The summed E-state index contributed by atoms with van der Waals surface area (Å²) in [5, 5.41) is 1.16. The largest absolute Gasteiger partial charge is 0.497 e. The van der Waals surface area contributed by atoms with Gasteiger partial charge >= 0.3 is 0 Å². The number of rotatable bonds is 5. The highest BCUT2D eigenvalue weighted by atomic mass is 79.9. The second kappa shape index (κ2) is 6.36. The van der Waals surface area contributed by atoms with Crippen LogP contribution in [0.3, 0.4) is 0 Å². The first kappa shape index (κ1) is 14.9. The Morgan fingerprint density at radius 3 is 2.68 bits per heavy atom. The minimum Gasteiger partial charge on any atom is -0.497 e. The number of Topliss-reactive ketones (excluding diaryl/α,β-unsaturated/α-hetero) is 1. The van der Waals surface area contributed by atoms with Crippen LogP contribution in [0.5, 0.6) is 5.75 Å². The summed E-state index contributed by atoms with van der Waals surface area (Å²) < 4.78 is 6.15. The van der Waals surface area contributed by atoms with Crippen molar-refractivity contribution >= 4 is 32.6 Å². The fourth-order valence-corrected chi connectivity index (χ4v) is 2.89. The van der Waals surface area contributed by atoms with E-state index in [-0.39, 0.29) is 5.78 Å². The lowest BCUT2D eigenvalue weighted by atomic mass is 10.0. The predicted octanol–water partition coefficient (Wildman–Crippen LogP) is 4.75. The Labute approximate surface area is 137 Å². The highest BCUT2D eigenvalue weighted by Crippen LogP contribution is 2.24. The van der Waals surface area contributed by atoms with Crippen molar-refractivity contribution in [1.29, 1.82) is 0 Å². The van der Waals surface area contributed by atoms with Crippen LogP contribution in [0, 0.1) is 0 Å². The summed E-state index contributed by atoms with van der Waals surface area (Å²) in [4.78, 5) is 15.5. The van der Waals surface area contributed by atoms with Gasteiger partial charge in [0.25, 0.3) is 0 Å². The molecule has 0 fully saturated rings. The van der Waals surface area contributed by atoms with E-state index in [0.29, 0.717) is 6.42 Å². The second-order valence-electron chi connectivity index (χ2n) is 5.16. The van der Waals surface area contributed by atoms with E-state index in [1.165, 1.54) is 0 Å². The van der Waals surface area contributed by atoms with Crippen molar-refractivity contribution in [3.63, 3.8) is 0 Å². The molecular formula is C18H16BrNO2. The lowest BCUT2D eigenvalue weighted by Gasteiger charge is -2.03. The molecule has 0 bridgehead atoms. The number of halogens is 1. The van der Waals surface area contributed by atoms with E-state index in [1.807, 2.05) is 42.6 Å². The first-order chi connectivity index (χ1) is 10.7. The van der Waals surface area contributed by atoms with Gasteiger partial charge in [-0.15, -0.1) is 0 Å². The monoisotopic (exact) mass is 357 g/mol. The molecule has 112 valence electrons. The Balaban J connectivity index is 1.72. The molecule has 0 saturated heterocycles. The van der Waals surface area contributed by atoms with Crippen LogP contribution in [0.15, 0.2) is 53.1 Å². The Morgan fingerprint density at radius 1 is 1.18 bits per heavy atom. The molecule has 3 aromatic rings. The van der Waals surface area contributed by atoms with Crippen molar-refractivity contribution in [2.45, 2.75) is 12.8 Å². The minimum atomic E-state index is 0.145. The van der Waals surface area contributed by atoms with Gasteiger partial charge in [0.2, 0.25) is 0 Å². The van der Waals surface area contributed by atoms with Gasteiger partial charge in [0.15, 0.2) is 5.78 Å². The summed E-state index contributed by atoms with van der Waals surface area (Å²) in [6, 6.07) is 13.4. The number of methoxy groups -OCH3 is 1. The number of H-pyrrole nitrogens is 1. The van der Waals surface area contributed by atoms with Gasteiger partial charge in [-0.1, -0.05) is 15.9 Å². The number of carbonyl (C=O) groups is 1. The number of aromatic nitrogens is 1. The van der Waals surface area contributed by atoms with Crippen molar-refractivity contribution in [2.24, 2.45) is 0 Å². The molecule has 0 unspecified atom stereocenters. The number of nitrogens with one attached hydrogen (secondary N) is 1. The van der Waals surface area contributed by atoms with Crippen LogP contribution in [0.25, 0.3) is 10.9 Å². The lowest BCUT2D eigenvalue weighted by molar-refractivity contribution is 0.0983. The SMILES string of the molecule is COc1ccc(C(=O)CCc2c[nH]c3ccc(Br)cc23)cc1. The highest BCUT2D eigenvalue weighted by molar-refractivity contribution is 9.10. The van der Waals surface area contributed by atoms with Crippen LogP contribution in [0.1, 0.15) is 22.3 Å². The predicted molar refractivity (Wildman–Crippen MR) is 91.6 cm³/mol. The fourth-order valence-electron chi connectivity index (χ4n) is 2.53. The first-order valence-electron chi connectivity index (χ1n) is 7.10. The zero-order chi connectivity index (χ0) is 15.5. The van der Waals surface area contributed by atoms with Gasteiger partial charge in [0.1, 0.15) is 5.75 Å². The molecule has 2 aromatic carbocycles. The van der Waals surface area contributed by atoms with Crippen LogP contribution in [-0.2, 0) is 6.42 Å². The molecule has 4 heteroatoms. The molecule has 0 aliphatic carbocycles. The summed E-state index contributed by atoms with van der Waals surface area (Å²) in [5.74, 6) is 0.907. The summed E-state index contributed by atoms with van der Waals surface area (Å²) in [5.41, 5.74) is 2.98. The smallest absolute Gasteiger partial charge is 0.163 e. The number of aryl methyl sites for hydroxylation is 1. The maximum atomic E-state index is 12.3. The standard InChI is InChI=1S/C18H16BrNO2/c1-22-15-6-2-12(3-7-15)18(21)9-4-13-11-20-17-8-5-14(19)10-16(13)17/h2-3,5-8,10-11,20H,4,9H2,1H3. The Hall–Kier alpha value is -2.07. The molecule has 0 amide bonds. The summed E-state index contributed by atoms with van der Waals surface area (Å²) in [6.45, 7) is 0. The van der Waals surface area contributed by atoms with E-state index in [2.05, 4.69) is 27.0 Å². The van der Waals surface area contributed by atoms with E-state index in [0.717, 1.165) is 38.7 Å². The maximum absolute atomic E-state index is 12.3. The molecule has 22 heavy (non-hydrogen) atoms. The molecule has 1 N–H and O–H groups in total. The van der Waals surface area contributed by atoms with Gasteiger partial charge in [0.05, 0.1) is 7.11 Å². The quantitative estimate of drug-likeness (QED) is 0.669. The van der Waals surface area contributed by atoms with Crippen molar-refractivity contribution in [3.05, 3.63) is 64.3 Å². The molecule has 3 rings (SSSR count). The average molecular weight is 358 g/mol. The average Bonchev–Trinajstić information content (AvgIpc) is 2.95. The Kier molecular flexibility index (Phi) is 4.29. The van der Waals surface area contributed by atoms with E-state index < -0.39 is 0 Å². The topological polar surface area (TPSA) is 42.1 Å². The van der Waals surface area contributed by atoms with E-state index in [1.54, 1.807) is 7.11 Å². The van der Waals surface area contributed by atoms with E-state index >= 15 is 0 Å². The minimum absolute atomic E-state index is 0.145. The number of ketones is 1. The van der Waals surface area contributed by atoms with E-state index in [9.17, 15) is 4.79 Å². The number of aromatic amines is 1. The number of ether oxygens (including phenoxy) is 1. The van der Waals surface area contributed by atoms with Crippen LogP contribution >= 0.6 is 15.9 Å². The summed E-state index contributed by atoms with van der Waals surface area (Å²) in [6.07, 6.45) is 3.20. The summed E-state index contributed by atoms with van der Waals surface area (Å²) >= 11 is 3.49. The fraction of sp³-hybridized carbons (Fsp3) is 0.167. The van der Waals surface area contributed by atoms with Gasteiger partial charge < -0.3 is 9.72 Å². The van der Waals surface area contributed by atoms with Crippen molar-refractivity contribution in [2.75, 3.05) is 7.11 Å². The van der Waals surface area contributed by atoms with Gasteiger partial charge in [-0.2, -0.15) is 0 Å². The number of hydrogen-bond donors (Lipinski definition) is 1. The first-order valence-corrected chi connectivity index (χ1v) is 7.89. The third-order valence-corrected chi connectivity index (χ3v) is 4.26. The van der Waals surface area contributed by atoms with Gasteiger partial charge in [-0.25, -0.2) is 0 Å². The molecular weight excluding hydrogens is 342 g/mol. The summed E-state index contributed by atoms with van der Waals surface area (Å²) in [7, 11) is 1.62. The number of hydrogen-bond acceptors (Lipinski definition) is 2. The highest BCUT2D eigenvalue weighted by Gasteiger charge is 2.09. The van der Waals surface area contributed by atoms with Gasteiger partial charge in [0, 0.05) is 33.6 Å². The van der Waals surface area contributed by atoms with Crippen LogP contribution in [-0.4, -0.2) is 17.9 Å². The Morgan fingerprint density at radius 2 is 1.95 bits per heavy atom. The van der Waals surface area contributed by atoms with Gasteiger partial charge in [-0.05, 0) is 54.4 Å². The number of benzene rings is 2. The van der Waals surface area contributed by atoms with Crippen LogP contribution in [0.2, 0.25) is 0 Å². The normalized spacial score (nSPS) is 10.8. The molecule has 0 aliphatic heterocycles. The molecule has 0 radical (unpaired) electrons. The molecule has 3 nitrogen and oxygen atoms in total. The molecule has 0 spiro atoms. The van der Waals surface area contributed by atoms with Crippen molar-refractivity contribution in [1.82, 2.24) is 4.98 Å². The third-order valence-electron chi connectivity index (χ3n) is 3.76. The van der Waals surface area contributed by atoms with E-state index in [4.69, 9.17) is 4.74 Å². The maximum Gasteiger partial charge on any atom is 0.163 e. The number of fused-ring (bicyclic) bond motifs is 1. The van der Waals surface area contributed by atoms with Crippen molar-refractivity contribution in [3.8, 4) is 5.75 Å². The van der Waals surface area contributed by atoms with Crippen LogP contribution < -0.4 is 4.74 Å². The molecule has 0 saturated carbocycles. The molecule has 0 aliphatic rings. The molecule has 0 atom stereocenters. The zero-order valence-corrected chi connectivity index (χ0v) is 13.8. The van der Waals surface area contributed by atoms with Gasteiger partial charge in [-0.3, -0.25) is 4.79 Å². The third kappa shape index (κ3) is 3.07. The zero-order valence-electron chi connectivity index (χ0n) is 12.2. The molecule has 1 aromatic heterocycles. The lowest BCUT2D eigenvalue weighted by Crippen LogP contribution is -2.01. The molecule has 1 heterocycles. The second-order valence-corrected chi connectivity index (χ2v) is 6.07. The number of carbonyl (C=O) groups excluding carboxylic acids is 1.